The molecule has 0 aliphatic rings. The van der Waals surface area contributed by atoms with E-state index in [2.05, 4.69) is 26.6 Å². The number of carbonyl (C=O) groups excluding carboxylic acids is 1. The zero-order chi connectivity index (χ0) is 17.5. The zero-order valence-corrected chi connectivity index (χ0v) is 16.1. The van der Waals surface area contributed by atoms with Gasteiger partial charge in [-0.2, -0.15) is 0 Å². The first-order valence-corrected chi connectivity index (χ1v) is 12.0. The first kappa shape index (κ1) is 19.7. The van der Waals surface area contributed by atoms with E-state index >= 15 is 0 Å². The van der Waals surface area contributed by atoms with Gasteiger partial charge in [-0.25, -0.2) is 4.79 Å². The standard InChI is InChI=1S/C19H30O3Si/c1-6-7-8-15(14-23(3,4)5)13-18(20)16-9-11-17(12-10-16)19(21)22-2/h9-13,18,20H,6-8,14H2,1-5H3/b15-13+. The number of rotatable bonds is 8. The number of esters is 1. The van der Waals surface area contributed by atoms with Crippen molar-refractivity contribution in [3.8, 4) is 0 Å². The van der Waals surface area contributed by atoms with E-state index in [0.29, 0.717) is 5.56 Å². The molecule has 0 heterocycles. The quantitative estimate of drug-likeness (QED) is 0.415. The van der Waals surface area contributed by atoms with Crippen molar-refractivity contribution in [2.24, 2.45) is 0 Å². The van der Waals surface area contributed by atoms with Crippen molar-refractivity contribution < 1.29 is 14.6 Å². The minimum atomic E-state index is -1.21. The van der Waals surface area contributed by atoms with Gasteiger partial charge in [0.2, 0.25) is 0 Å². The molecule has 1 atom stereocenters. The molecule has 1 rings (SSSR count). The van der Waals surface area contributed by atoms with Gasteiger partial charge in [0.1, 0.15) is 0 Å². The topological polar surface area (TPSA) is 46.5 Å². The number of methoxy groups -OCH3 is 1. The van der Waals surface area contributed by atoms with Crippen LogP contribution in [0.25, 0.3) is 0 Å². The molecule has 0 spiro atoms. The Bertz CT molecular complexity index is 527. The molecule has 0 aliphatic heterocycles. The van der Waals surface area contributed by atoms with E-state index in [1.54, 1.807) is 24.3 Å². The summed E-state index contributed by atoms with van der Waals surface area (Å²) in [6, 6.07) is 8.09. The van der Waals surface area contributed by atoms with Crippen LogP contribution in [0.1, 0.15) is 48.2 Å². The van der Waals surface area contributed by atoms with Crippen molar-refractivity contribution >= 4 is 14.0 Å². The van der Waals surface area contributed by atoms with Gasteiger partial charge in [-0.15, -0.1) is 0 Å². The van der Waals surface area contributed by atoms with Crippen LogP contribution in [0.2, 0.25) is 25.7 Å². The van der Waals surface area contributed by atoms with E-state index in [4.69, 9.17) is 4.74 Å². The average Bonchev–Trinajstić information content (AvgIpc) is 2.50. The van der Waals surface area contributed by atoms with Gasteiger partial charge in [0.05, 0.1) is 18.8 Å². The van der Waals surface area contributed by atoms with E-state index in [1.165, 1.54) is 12.7 Å². The predicted molar refractivity (Wildman–Crippen MR) is 98.5 cm³/mol. The number of aliphatic hydroxyl groups excluding tert-OH is 1. The summed E-state index contributed by atoms with van der Waals surface area (Å²) in [5.41, 5.74) is 2.67. The number of aliphatic hydroxyl groups is 1. The maximum atomic E-state index is 11.5. The van der Waals surface area contributed by atoms with E-state index < -0.39 is 14.2 Å². The molecule has 4 heteroatoms. The molecule has 0 amide bonds. The zero-order valence-electron chi connectivity index (χ0n) is 15.1. The van der Waals surface area contributed by atoms with E-state index in [0.717, 1.165) is 30.9 Å². The third-order valence-electron chi connectivity index (χ3n) is 3.68. The second-order valence-corrected chi connectivity index (χ2v) is 12.7. The molecule has 0 saturated heterocycles. The minimum absolute atomic E-state index is 0.357. The SMILES string of the molecule is CCCC/C(=C\C(O)c1ccc(C(=O)OC)cc1)C[Si](C)(C)C. The molecule has 0 bridgehead atoms. The van der Waals surface area contributed by atoms with E-state index in [1.807, 2.05) is 6.08 Å². The highest BCUT2D eigenvalue weighted by Crippen LogP contribution is 2.25. The van der Waals surface area contributed by atoms with Crippen LogP contribution in [0.4, 0.5) is 0 Å². The average molecular weight is 335 g/mol. The normalized spacial score (nSPS) is 13.7. The number of hydrogen-bond donors (Lipinski definition) is 1. The van der Waals surface area contributed by atoms with Crippen molar-refractivity contribution in [2.75, 3.05) is 7.11 Å². The first-order chi connectivity index (χ1) is 10.8. The van der Waals surface area contributed by atoms with Crippen LogP contribution in [0.15, 0.2) is 35.9 Å². The smallest absolute Gasteiger partial charge is 0.337 e. The molecule has 0 radical (unpaired) electrons. The number of ether oxygens (including phenoxy) is 1. The van der Waals surface area contributed by atoms with Gasteiger partial charge < -0.3 is 9.84 Å². The molecule has 23 heavy (non-hydrogen) atoms. The van der Waals surface area contributed by atoms with Gasteiger partial charge in [-0.1, -0.05) is 56.8 Å². The third-order valence-corrected chi connectivity index (χ3v) is 5.19. The monoisotopic (exact) mass is 334 g/mol. The van der Waals surface area contributed by atoms with Gasteiger partial charge in [0.15, 0.2) is 0 Å². The molecule has 1 N–H and O–H groups in total. The van der Waals surface area contributed by atoms with Crippen LogP contribution in [-0.2, 0) is 4.74 Å². The number of benzene rings is 1. The largest absolute Gasteiger partial charge is 0.465 e. The molecule has 0 aliphatic carbocycles. The highest BCUT2D eigenvalue weighted by molar-refractivity contribution is 6.76. The third kappa shape index (κ3) is 7.14. The van der Waals surface area contributed by atoms with Gasteiger partial charge in [-0.05, 0) is 36.6 Å². The second kappa shape index (κ2) is 9.04. The van der Waals surface area contributed by atoms with Crippen molar-refractivity contribution in [1.29, 1.82) is 0 Å². The number of allylic oxidation sites excluding steroid dienone is 1. The highest BCUT2D eigenvalue weighted by atomic mass is 28.3. The van der Waals surface area contributed by atoms with Gasteiger partial charge >= 0.3 is 5.97 Å². The molecule has 0 fully saturated rings. The molecule has 3 nitrogen and oxygen atoms in total. The van der Waals surface area contributed by atoms with Crippen molar-refractivity contribution in [3.63, 3.8) is 0 Å². The molecule has 1 unspecified atom stereocenters. The summed E-state index contributed by atoms with van der Waals surface area (Å²) in [7, 11) is 0.158. The lowest BCUT2D eigenvalue weighted by atomic mass is 10.0. The maximum absolute atomic E-state index is 11.5. The summed E-state index contributed by atoms with van der Waals surface area (Å²) in [4.78, 5) is 11.5. The predicted octanol–water partition coefficient (Wildman–Crippen LogP) is 4.96. The van der Waals surface area contributed by atoms with Crippen LogP contribution >= 0.6 is 0 Å². The Morgan fingerprint density at radius 2 is 1.87 bits per heavy atom. The Labute approximate surface area is 141 Å². The van der Waals surface area contributed by atoms with Crippen molar-refractivity contribution in [3.05, 3.63) is 47.0 Å². The lowest BCUT2D eigenvalue weighted by Gasteiger charge is -2.20. The summed E-state index contributed by atoms with van der Waals surface area (Å²) in [5.74, 6) is -0.357. The van der Waals surface area contributed by atoms with Gasteiger partial charge in [0, 0.05) is 8.07 Å². The molecule has 1 aromatic rings. The number of carbonyl (C=O) groups is 1. The molecular weight excluding hydrogens is 304 g/mol. The van der Waals surface area contributed by atoms with Gasteiger partial charge in [0.25, 0.3) is 0 Å². The minimum Gasteiger partial charge on any atom is -0.465 e. The number of unbranched alkanes of at least 4 members (excludes halogenated alkanes) is 1. The fourth-order valence-electron chi connectivity index (χ4n) is 2.57. The fraction of sp³-hybridized carbons (Fsp3) is 0.526. The van der Waals surface area contributed by atoms with Crippen molar-refractivity contribution in [1.82, 2.24) is 0 Å². The van der Waals surface area contributed by atoms with E-state index in [-0.39, 0.29) is 5.97 Å². The van der Waals surface area contributed by atoms with Crippen LogP contribution in [0.5, 0.6) is 0 Å². The Kier molecular flexibility index (Phi) is 7.72. The summed E-state index contributed by atoms with van der Waals surface area (Å²) in [6.07, 6.45) is 4.75. The summed E-state index contributed by atoms with van der Waals surface area (Å²) in [5, 5.41) is 10.5. The summed E-state index contributed by atoms with van der Waals surface area (Å²) in [6.45, 7) is 9.24. The first-order valence-electron chi connectivity index (χ1n) is 8.32. The molecule has 0 saturated carbocycles. The number of hydrogen-bond acceptors (Lipinski definition) is 3. The fourth-order valence-corrected chi connectivity index (χ4v) is 4.23. The highest BCUT2D eigenvalue weighted by Gasteiger charge is 2.17. The summed E-state index contributed by atoms with van der Waals surface area (Å²) >= 11 is 0. The van der Waals surface area contributed by atoms with Crippen LogP contribution in [-0.4, -0.2) is 26.3 Å². The Morgan fingerprint density at radius 3 is 2.35 bits per heavy atom. The van der Waals surface area contributed by atoms with Crippen LogP contribution in [0, 0.1) is 0 Å². The lowest BCUT2D eigenvalue weighted by molar-refractivity contribution is 0.0600. The van der Waals surface area contributed by atoms with Gasteiger partial charge in [-0.3, -0.25) is 0 Å². The van der Waals surface area contributed by atoms with Crippen LogP contribution in [0.3, 0.4) is 0 Å². The molecular formula is C19H30O3Si. The maximum Gasteiger partial charge on any atom is 0.337 e. The van der Waals surface area contributed by atoms with E-state index in [9.17, 15) is 9.90 Å². The molecule has 128 valence electrons. The Hall–Kier alpha value is -1.39. The molecule has 1 aromatic carbocycles. The van der Waals surface area contributed by atoms with Crippen LogP contribution < -0.4 is 0 Å². The Balaban J connectivity index is 2.90. The van der Waals surface area contributed by atoms with Crippen molar-refractivity contribution in [2.45, 2.75) is 58.0 Å². The molecule has 0 aromatic heterocycles. The lowest BCUT2D eigenvalue weighted by Crippen LogP contribution is -2.20. The Morgan fingerprint density at radius 1 is 1.26 bits per heavy atom. The summed E-state index contributed by atoms with van der Waals surface area (Å²) < 4.78 is 4.69. The second-order valence-electron chi connectivity index (χ2n) is 7.22.